The van der Waals surface area contributed by atoms with Crippen LogP contribution >= 0.6 is 0 Å². The molecule has 6 nitrogen and oxygen atoms in total. The number of hydrogen-bond acceptors (Lipinski definition) is 5. The van der Waals surface area contributed by atoms with Crippen LogP contribution in [-0.2, 0) is 10.0 Å². The highest BCUT2D eigenvalue weighted by Gasteiger charge is 2.16. The lowest BCUT2D eigenvalue weighted by Gasteiger charge is -2.04. The van der Waals surface area contributed by atoms with Crippen molar-refractivity contribution >= 4 is 10.0 Å². The summed E-state index contributed by atoms with van der Waals surface area (Å²) in [6.45, 7) is 0. The van der Waals surface area contributed by atoms with Crippen LogP contribution in [0, 0.1) is 0 Å². The molecule has 0 unspecified atom stereocenters. The fourth-order valence-corrected chi connectivity index (χ4v) is 1.93. The number of primary sulfonamides is 1. The zero-order chi connectivity index (χ0) is 11.6. The minimum Gasteiger partial charge on any atom is -0.261 e. The van der Waals surface area contributed by atoms with Gasteiger partial charge in [-0.25, -0.2) is 13.6 Å². The van der Waals surface area contributed by atoms with E-state index in [0.717, 1.165) is 0 Å². The molecule has 0 aliphatic carbocycles. The Balaban J connectivity index is 2.68. The first-order valence-corrected chi connectivity index (χ1v) is 5.88. The highest BCUT2D eigenvalue weighted by molar-refractivity contribution is 7.89. The second-order valence-electron chi connectivity index (χ2n) is 2.99. The number of aromatic nitrogens is 3. The van der Waals surface area contributed by atoms with Crippen molar-refractivity contribution in [2.24, 2.45) is 5.14 Å². The molecule has 7 heteroatoms. The highest BCUT2D eigenvalue weighted by Crippen LogP contribution is 2.20. The molecule has 2 heterocycles. The molecule has 0 radical (unpaired) electrons. The maximum Gasteiger partial charge on any atom is 0.240 e. The molecule has 2 aromatic heterocycles. The molecule has 0 aromatic carbocycles. The predicted molar refractivity (Wildman–Crippen MR) is 56.6 cm³/mol. The SMILES string of the molecule is NS(=O)(=O)c1cccnc1-c1cnccn1. The quantitative estimate of drug-likeness (QED) is 0.802. The zero-order valence-electron chi connectivity index (χ0n) is 8.11. The van der Waals surface area contributed by atoms with Gasteiger partial charge in [0.05, 0.1) is 6.20 Å². The van der Waals surface area contributed by atoms with E-state index < -0.39 is 10.0 Å². The van der Waals surface area contributed by atoms with E-state index in [-0.39, 0.29) is 10.6 Å². The van der Waals surface area contributed by atoms with Crippen LogP contribution in [0.4, 0.5) is 0 Å². The summed E-state index contributed by atoms with van der Waals surface area (Å²) in [7, 11) is -3.81. The molecule has 0 saturated heterocycles. The largest absolute Gasteiger partial charge is 0.261 e. The first kappa shape index (κ1) is 10.7. The summed E-state index contributed by atoms with van der Waals surface area (Å²) >= 11 is 0. The van der Waals surface area contributed by atoms with Gasteiger partial charge in [0.25, 0.3) is 0 Å². The van der Waals surface area contributed by atoms with Crippen LogP contribution in [0.1, 0.15) is 0 Å². The summed E-state index contributed by atoms with van der Waals surface area (Å²) in [5.41, 5.74) is 0.574. The average molecular weight is 236 g/mol. The minimum absolute atomic E-state index is 0.0597. The van der Waals surface area contributed by atoms with Gasteiger partial charge in [-0.2, -0.15) is 0 Å². The van der Waals surface area contributed by atoms with Gasteiger partial charge in [-0.3, -0.25) is 15.0 Å². The molecular weight excluding hydrogens is 228 g/mol. The number of sulfonamides is 1. The van der Waals surface area contributed by atoms with Gasteiger partial charge in [-0.1, -0.05) is 0 Å². The van der Waals surface area contributed by atoms with Gasteiger partial charge in [0.1, 0.15) is 16.3 Å². The molecule has 2 aromatic rings. The van der Waals surface area contributed by atoms with Crippen molar-refractivity contribution < 1.29 is 8.42 Å². The van der Waals surface area contributed by atoms with Crippen LogP contribution in [0.25, 0.3) is 11.4 Å². The third-order valence-electron chi connectivity index (χ3n) is 1.88. The third-order valence-corrected chi connectivity index (χ3v) is 2.83. The Kier molecular flexibility index (Phi) is 2.63. The standard InChI is InChI=1S/C9H8N4O2S/c10-16(14,15)8-2-1-3-13-9(8)7-6-11-4-5-12-7/h1-6H,(H2,10,14,15). The van der Waals surface area contributed by atoms with Crippen molar-refractivity contribution in [2.45, 2.75) is 4.90 Å². The third kappa shape index (κ3) is 2.05. The average Bonchev–Trinajstić information content (AvgIpc) is 2.29. The van der Waals surface area contributed by atoms with Crippen LogP contribution in [0.3, 0.4) is 0 Å². The van der Waals surface area contributed by atoms with Crippen molar-refractivity contribution in [1.29, 1.82) is 0 Å². The lowest BCUT2D eigenvalue weighted by atomic mass is 10.3. The molecule has 16 heavy (non-hydrogen) atoms. The zero-order valence-corrected chi connectivity index (χ0v) is 8.92. The van der Waals surface area contributed by atoms with Gasteiger partial charge in [0.2, 0.25) is 10.0 Å². The summed E-state index contributed by atoms with van der Waals surface area (Å²) in [5.74, 6) is 0. The van der Waals surface area contributed by atoms with Crippen molar-refractivity contribution in [3.63, 3.8) is 0 Å². The Morgan fingerprint density at radius 1 is 1.12 bits per heavy atom. The van der Waals surface area contributed by atoms with E-state index in [1.165, 1.54) is 36.9 Å². The molecule has 0 amide bonds. The van der Waals surface area contributed by atoms with E-state index in [1.807, 2.05) is 0 Å². The van der Waals surface area contributed by atoms with Gasteiger partial charge >= 0.3 is 0 Å². The van der Waals surface area contributed by atoms with Gasteiger partial charge in [0, 0.05) is 18.6 Å². The number of pyridine rings is 1. The molecule has 0 spiro atoms. The summed E-state index contributed by atoms with van der Waals surface area (Å²) in [6, 6.07) is 2.88. The Bertz CT molecular complexity index is 598. The number of nitrogens with zero attached hydrogens (tertiary/aromatic N) is 3. The van der Waals surface area contributed by atoms with Crippen molar-refractivity contribution in [3.8, 4) is 11.4 Å². The second-order valence-corrected chi connectivity index (χ2v) is 4.52. The fourth-order valence-electron chi connectivity index (χ4n) is 1.23. The summed E-state index contributed by atoms with van der Waals surface area (Å²) in [4.78, 5) is 11.7. The fraction of sp³-hybridized carbons (Fsp3) is 0. The first-order chi connectivity index (χ1) is 7.59. The Morgan fingerprint density at radius 2 is 1.94 bits per heavy atom. The topological polar surface area (TPSA) is 98.8 Å². The van der Waals surface area contributed by atoms with Crippen molar-refractivity contribution in [3.05, 3.63) is 36.9 Å². The normalized spacial score (nSPS) is 11.3. The van der Waals surface area contributed by atoms with Crippen molar-refractivity contribution in [1.82, 2.24) is 15.0 Å². The molecule has 0 fully saturated rings. The van der Waals surface area contributed by atoms with E-state index in [2.05, 4.69) is 15.0 Å². The van der Waals surface area contributed by atoms with Crippen LogP contribution in [0.15, 0.2) is 41.8 Å². The van der Waals surface area contributed by atoms with Crippen LogP contribution in [0.5, 0.6) is 0 Å². The molecule has 2 rings (SSSR count). The summed E-state index contributed by atoms with van der Waals surface area (Å²) < 4.78 is 22.6. The van der Waals surface area contributed by atoms with Crippen LogP contribution < -0.4 is 5.14 Å². The van der Waals surface area contributed by atoms with Crippen LogP contribution in [0.2, 0.25) is 0 Å². The Labute approximate surface area is 92.2 Å². The van der Waals surface area contributed by atoms with Gasteiger partial charge in [0.15, 0.2) is 0 Å². The predicted octanol–water partition coefficient (Wildman–Crippen LogP) is 0.186. The van der Waals surface area contributed by atoms with E-state index >= 15 is 0 Å². The minimum atomic E-state index is -3.81. The second kappa shape index (κ2) is 3.95. The van der Waals surface area contributed by atoms with E-state index in [0.29, 0.717) is 5.69 Å². The Hall–Kier alpha value is -1.86. The molecule has 82 valence electrons. The summed E-state index contributed by atoms with van der Waals surface area (Å²) in [5, 5.41) is 5.08. The van der Waals surface area contributed by atoms with E-state index in [4.69, 9.17) is 5.14 Å². The molecule has 0 bridgehead atoms. The number of hydrogen-bond donors (Lipinski definition) is 1. The smallest absolute Gasteiger partial charge is 0.240 e. The highest BCUT2D eigenvalue weighted by atomic mass is 32.2. The maximum atomic E-state index is 11.3. The number of rotatable bonds is 2. The molecule has 0 atom stereocenters. The summed E-state index contributed by atoms with van der Waals surface area (Å²) in [6.07, 6.45) is 5.84. The first-order valence-electron chi connectivity index (χ1n) is 4.33. The molecule has 0 saturated carbocycles. The molecule has 0 aliphatic rings. The monoisotopic (exact) mass is 236 g/mol. The van der Waals surface area contributed by atoms with Gasteiger partial charge in [-0.05, 0) is 12.1 Å². The lowest BCUT2D eigenvalue weighted by Crippen LogP contribution is -2.14. The maximum absolute atomic E-state index is 11.3. The van der Waals surface area contributed by atoms with Gasteiger partial charge < -0.3 is 0 Å². The number of nitrogens with two attached hydrogens (primary N) is 1. The Morgan fingerprint density at radius 3 is 2.56 bits per heavy atom. The van der Waals surface area contributed by atoms with Gasteiger partial charge in [-0.15, -0.1) is 0 Å². The molecular formula is C9H8N4O2S. The van der Waals surface area contributed by atoms with Crippen molar-refractivity contribution in [2.75, 3.05) is 0 Å². The van der Waals surface area contributed by atoms with E-state index in [9.17, 15) is 8.42 Å². The molecule has 2 N–H and O–H groups in total. The lowest BCUT2D eigenvalue weighted by molar-refractivity contribution is 0.597. The van der Waals surface area contributed by atoms with Crippen LogP contribution in [-0.4, -0.2) is 23.4 Å². The van der Waals surface area contributed by atoms with E-state index in [1.54, 1.807) is 0 Å². The molecule has 0 aliphatic heterocycles.